The van der Waals surface area contributed by atoms with Crippen LogP contribution in [-0.2, 0) is 13.4 Å². The van der Waals surface area contributed by atoms with Gasteiger partial charge in [0.25, 0.3) is 0 Å². The predicted molar refractivity (Wildman–Crippen MR) is 81.1 cm³/mol. The van der Waals surface area contributed by atoms with Gasteiger partial charge in [-0.3, -0.25) is 0 Å². The lowest BCUT2D eigenvalue weighted by Gasteiger charge is -2.09. The Kier molecular flexibility index (Phi) is 2.49. The summed E-state index contributed by atoms with van der Waals surface area (Å²) in [4.78, 5) is 0. The molecular formula is C18H24N+. The van der Waals surface area contributed by atoms with Crippen LogP contribution in [0.15, 0.2) is 36.5 Å². The molecule has 1 aromatic carbocycles. The van der Waals surface area contributed by atoms with E-state index in [9.17, 15) is 0 Å². The molecule has 0 saturated carbocycles. The van der Waals surface area contributed by atoms with Crippen molar-refractivity contribution in [2.75, 3.05) is 0 Å². The maximum Gasteiger partial charge on any atom is 0.212 e. The van der Waals surface area contributed by atoms with E-state index < -0.39 is 13.2 Å². The van der Waals surface area contributed by atoms with E-state index in [-0.39, 0.29) is 5.92 Å². The first-order valence-corrected chi connectivity index (χ1v) is 6.56. The fourth-order valence-electron chi connectivity index (χ4n) is 2.21. The van der Waals surface area contributed by atoms with Gasteiger partial charge in [0.15, 0.2) is 6.20 Å². The Morgan fingerprint density at radius 3 is 2.68 bits per heavy atom. The van der Waals surface area contributed by atoms with E-state index in [1.54, 1.807) is 24.3 Å². The number of hydrogen-bond acceptors (Lipinski definition) is 0. The Hall–Kier alpha value is -1.63. The smallest absolute Gasteiger partial charge is 0.201 e. The van der Waals surface area contributed by atoms with E-state index in [2.05, 4.69) is 0 Å². The summed E-state index contributed by atoms with van der Waals surface area (Å²) < 4.78 is 41.1. The summed E-state index contributed by atoms with van der Waals surface area (Å²) >= 11 is 0. The van der Waals surface area contributed by atoms with Crippen molar-refractivity contribution < 1.29 is 11.4 Å². The highest BCUT2D eigenvalue weighted by molar-refractivity contribution is 5.62. The van der Waals surface area contributed by atoms with Gasteiger partial charge in [-0.1, -0.05) is 31.5 Å². The second-order valence-corrected chi connectivity index (χ2v) is 5.24. The SMILES string of the molecule is [2H]C([2H])([2H])c1ccc(-c2cc(C([2H])([2H])C(C)C)cc[n+]2C)c(C)c1. The molecule has 0 unspecified atom stereocenters. The number of rotatable bonds is 3. The van der Waals surface area contributed by atoms with Crippen LogP contribution >= 0.6 is 0 Å². The average Bonchev–Trinajstić information content (AvgIpc) is 2.46. The molecule has 0 spiro atoms. The molecule has 0 fully saturated rings. The van der Waals surface area contributed by atoms with Crippen LogP contribution in [0.25, 0.3) is 11.3 Å². The lowest BCUT2D eigenvalue weighted by atomic mass is 9.98. The molecule has 0 aliphatic carbocycles. The number of aryl methyl sites for hydroxylation is 3. The van der Waals surface area contributed by atoms with E-state index in [0.29, 0.717) is 11.1 Å². The normalized spacial score (nSPS) is 16.4. The predicted octanol–water partition coefficient (Wildman–Crippen LogP) is 3.99. The van der Waals surface area contributed by atoms with Gasteiger partial charge >= 0.3 is 0 Å². The third-order valence-corrected chi connectivity index (χ3v) is 3.11. The van der Waals surface area contributed by atoms with Crippen molar-refractivity contribution in [3.05, 3.63) is 53.2 Å². The monoisotopic (exact) mass is 259 g/mol. The lowest BCUT2D eigenvalue weighted by molar-refractivity contribution is -0.660. The highest BCUT2D eigenvalue weighted by atomic mass is 14.9. The fraction of sp³-hybridized carbons (Fsp3) is 0.389. The summed E-state index contributed by atoms with van der Waals surface area (Å²) in [6.45, 7) is 3.49. The van der Waals surface area contributed by atoms with Gasteiger partial charge in [0.1, 0.15) is 7.05 Å². The van der Waals surface area contributed by atoms with E-state index in [4.69, 9.17) is 6.85 Å². The largest absolute Gasteiger partial charge is 0.212 e. The molecule has 1 nitrogen and oxygen atoms in total. The summed E-state index contributed by atoms with van der Waals surface area (Å²) in [6.07, 6.45) is 0.428. The molecular weight excluding hydrogens is 230 g/mol. The molecule has 0 saturated heterocycles. The average molecular weight is 259 g/mol. The molecule has 0 bridgehead atoms. The van der Waals surface area contributed by atoms with Crippen molar-refractivity contribution in [1.29, 1.82) is 0 Å². The second kappa shape index (κ2) is 5.56. The zero-order valence-electron chi connectivity index (χ0n) is 17.0. The van der Waals surface area contributed by atoms with E-state index in [1.165, 1.54) is 0 Å². The standard InChI is InChI=1S/C18H24N/c1-13(2)10-16-8-9-19(5)18(12-16)17-7-6-14(3)11-15(17)4/h6-9,11-13H,10H2,1-5H3/q+1/i3D3,10D2. The first kappa shape index (κ1) is 8.52. The lowest BCUT2D eigenvalue weighted by Crippen LogP contribution is -2.30. The second-order valence-electron chi connectivity index (χ2n) is 5.24. The molecule has 1 heterocycles. The van der Waals surface area contributed by atoms with E-state index in [1.807, 2.05) is 44.6 Å². The van der Waals surface area contributed by atoms with Crippen LogP contribution < -0.4 is 4.57 Å². The van der Waals surface area contributed by atoms with E-state index in [0.717, 1.165) is 16.8 Å². The maximum atomic E-state index is 8.30. The number of hydrogen-bond donors (Lipinski definition) is 0. The van der Waals surface area contributed by atoms with Crippen molar-refractivity contribution in [1.82, 2.24) is 0 Å². The Labute approximate surface area is 123 Å². The van der Waals surface area contributed by atoms with Crippen LogP contribution in [0.4, 0.5) is 0 Å². The number of benzene rings is 1. The molecule has 2 aromatic rings. The molecule has 0 aliphatic heterocycles. The van der Waals surface area contributed by atoms with Crippen molar-refractivity contribution >= 4 is 0 Å². The minimum Gasteiger partial charge on any atom is -0.201 e. The third kappa shape index (κ3) is 3.23. The van der Waals surface area contributed by atoms with Gasteiger partial charge in [0.2, 0.25) is 5.69 Å². The molecule has 0 aliphatic rings. The van der Waals surface area contributed by atoms with Crippen LogP contribution in [0, 0.1) is 19.7 Å². The quantitative estimate of drug-likeness (QED) is 0.734. The minimum atomic E-state index is -2.12. The Bertz CT molecular complexity index is 748. The first-order chi connectivity index (χ1) is 10.9. The van der Waals surface area contributed by atoms with Crippen molar-refractivity contribution in [3.8, 4) is 11.3 Å². The molecule has 0 N–H and O–H groups in total. The molecule has 0 amide bonds. The van der Waals surface area contributed by atoms with Gasteiger partial charge in [-0.15, -0.1) is 0 Å². The Balaban J connectivity index is 2.57. The Morgan fingerprint density at radius 2 is 2.05 bits per heavy atom. The fourth-order valence-corrected chi connectivity index (χ4v) is 2.21. The van der Waals surface area contributed by atoms with Gasteiger partial charge in [-0.25, -0.2) is 4.57 Å². The summed E-state index contributed by atoms with van der Waals surface area (Å²) in [6, 6.07) is 8.78. The zero-order valence-corrected chi connectivity index (χ0v) is 12.0. The molecule has 0 atom stereocenters. The topological polar surface area (TPSA) is 3.88 Å². The first-order valence-electron chi connectivity index (χ1n) is 9.06. The van der Waals surface area contributed by atoms with Gasteiger partial charge in [0.05, 0.1) is 0 Å². The molecule has 2 rings (SSSR count). The highest BCUT2D eigenvalue weighted by Gasteiger charge is 2.13. The van der Waals surface area contributed by atoms with E-state index >= 15 is 0 Å². The molecule has 100 valence electrons. The van der Waals surface area contributed by atoms with Crippen molar-refractivity contribution in [2.24, 2.45) is 13.0 Å². The third-order valence-electron chi connectivity index (χ3n) is 3.11. The van der Waals surface area contributed by atoms with Crippen LogP contribution in [0.2, 0.25) is 0 Å². The number of pyridine rings is 1. The molecule has 1 heteroatoms. The van der Waals surface area contributed by atoms with Gasteiger partial charge in [0, 0.05) is 24.5 Å². The van der Waals surface area contributed by atoms with Gasteiger partial charge < -0.3 is 0 Å². The zero-order chi connectivity index (χ0) is 18.3. The summed E-state index contributed by atoms with van der Waals surface area (Å²) in [5.41, 5.74) is 3.59. The molecule has 0 radical (unpaired) electrons. The van der Waals surface area contributed by atoms with Crippen LogP contribution in [-0.4, -0.2) is 0 Å². The number of nitrogens with zero attached hydrogens (tertiary/aromatic N) is 1. The molecule has 1 aromatic heterocycles. The van der Waals surface area contributed by atoms with Gasteiger partial charge in [-0.05, 0) is 43.3 Å². The Morgan fingerprint density at radius 1 is 1.26 bits per heavy atom. The highest BCUT2D eigenvalue weighted by Crippen LogP contribution is 2.22. The van der Waals surface area contributed by atoms with Crippen LogP contribution in [0.1, 0.15) is 37.4 Å². The van der Waals surface area contributed by atoms with Crippen molar-refractivity contribution in [3.63, 3.8) is 0 Å². The maximum absolute atomic E-state index is 8.30. The van der Waals surface area contributed by atoms with Crippen LogP contribution in [0.3, 0.4) is 0 Å². The van der Waals surface area contributed by atoms with Crippen molar-refractivity contribution in [2.45, 2.75) is 34.0 Å². The summed E-state index contributed by atoms with van der Waals surface area (Å²) in [5.74, 6) is -0.142. The summed E-state index contributed by atoms with van der Waals surface area (Å²) in [7, 11) is 1.90. The number of aromatic nitrogens is 1. The van der Waals surface area contributed by atoms with Crippen LogP contribution in [0.5, 0.6) is 0 Å². The minimum absolute atomic E-state index is 0.142. The van der Waals surface area contributed by atoms with Gasteiger partial charge in [-0.2, -0.15) is 0 Å². The summed E-state index contributed by atoms with van der Waals surface area (Å²) in [5, 5.41) is 0. The molecule has 19 heavy (non-hydrogen) atoms.